The Bertz CT molecular complexity index is 578. The van der Waals surface area contributed by atoms with E-state index in [1.807, 2.05) is 17.9 Å². The fourth-order valence-electron chi connectivity index (χ4n) is 2.16. The number of rotatable bonds is 4. The average Bonchev–Trinajstić information content (AvgIpc) is 2.76. The van der Waals surface area contributed by atoms with Crippen molar-refractivity contribution in [2.45, 2.75) is 26.4 Å². The van der Waals surface area contributed by atoms with Gasteiger partial charge in [-0.15, -0.1) is 0 Å². The molecule has 0 bridgehead atoms. The molecule has 1 N–H and O–H groups in total. The fourth-order valence-corrected chi connectivity index (χ4v) is 3.08. The van der Waals surface area contributed by atoms with Gasteiger partial charge < -0.3 is 5.32 Å². The van der Waals surface area contributed by atoms with Crippen molar-refractivity contribution in [3.05, 3.63) is 50.2 Å². The minimum atomic E-state index is 0.119. The van der Waals surface area contributed by atoms with Crippen LogP contribution in [0.1, 0.15) is 29.8 Å². The van der Waals surface area contributed by atoms with Crippen molar-refractivity contribution in [2.24, 2.45) is 0 Å². The lowest BCUT2D eigenvalue weighted by Gasteiger charge is -2.19. The second-order valence-corrected chi connectivity index (χ2v) is 6.13. The average molecular weight is 387 g/mol. The van der Waals surface area contributed by atoms with Gasteiger partial charge in [0.05, 0.1) is 22.4 Å². The molecule has 0 saturated carbocycles. The highest BCUT2D eigenvalue weighted by atomic mass is 79.9. The molecule has 0 amide bonds. The molecule has 0 aliphatic heterocycles. The Morgan fingerprint density at radius 3 is 2.63 bits per heavy atom. The third-order valence-electron chi connectivity index (χ3n) is 3.22. The van der Waals surface area contributed by atoms with Crippen LogP contribution in [0.3, 0.4) is 0 Å². The van der Waals surface area contributed by atoms with Crippen molar-refractivity contribution in [1.82, 2.24) is 15.1 Å². The second-order valence-electron chi connectivity index (χ2n) is 4.42. The summed E-state index contributed by atoms with van der Waals surface area (Å²) in [5, 5.41) is 7.76. The van der Waals surface area contributed by atoms with E-state index in [1.165, 1.54) is 11.1 Å². The Morgan fingerprint density at radius 2 is 2.05 bits per heavy atom. The molecule has 0 aliphatic carbocycles. The van der Waals surface area contributed by atoms with Crippen LogP contribution in [0.25, 0.3) is 0 Å². The Balaban J connectivity index is 2.49. The largest absolute Gasteiger partial charge is 0.308 e. The van der Waals surface area contributed by atoms with Crippen LogP contribution in [0.5, 0.6) is 0 Å². The van der Waals surface area contributed by atoms with Gasteiger partial charge in [-0.2, -0.15) is 5.10 Å². The highest BCUT2D eigenvalue weighted by Gasteiger charge is 2.20. The van der Waals surface area contributed by atoms with Crippen molar-refractivity contribution in [1.29, 1.82) is 0 Å². The van der Waals surface area contributed by atoms with Crippen molar-refractivity contribution in [3.63, 3.8) is 0 Å². The zero-order valence-corrected chi connectivity index (χ0v) is 14.4. The maximum atomic E-state index is 4.39. The van der Waals surface area contributed by atoms with Crippen LogP contribution in [0.15, 0.2) is 33.3 Å². The van der Waals surface area contributed by atoms with E-state index >= 15 is 0 Å². The SMILES string of the molecule is CCn1ncc(Br)c1C(NC)c1ccc(C)c(Br)c1. The summed E-state index contributed by atoms with van der Waals surface area (Å²) in [6.07, 6.45) is 1.85. The number of benzene rings is 1. The van der Waals surface area contributed by atoms with E-state index in [0.29, 0.717) is 0 Å². The molecular weight excluding hydrogens is 370 g/mol. The highest BCUT2D eigenvalue weighted by Crippen LogP contribution is 2.30. The maximum Gasteiger partial charge on any atom is 0.0757 e. The van der Waals surface area contributed by atoms with E-state index in [4.69, 9.17) is 0 Å². The van der Waals surface area contributed by atoms with E-state index in [2.05, 4.69) is 74.3 Å². The molecule has 0 fully saturated rings. The lowest BCUT2D eigenvalue weighted by Crippen LogP contribution is -2.22. The van der Waals surface area contributed by atoms with Crippen LogP contribution in [-0.4, -0.2) is 16.8 Å². The van der Waals surface area contributed by atoms with E-state index in [9.17, 15) is 0 Å². The molecule has 5 heteroatoms. The van der Waals surface area contributed by atoms with Gasteiger partial charge in [-0.25, -0.2) is 0 Å². The number of aromatic nitrogens is 2. The van der Waals surface area contributed by atoms with Crippen LogP contribution in [0.2, 0.25) is 0 Å². The number of halogens is 2. The summed E-state index contributed by atoms with van der Waals surface area (Å²) in [4.78, 5) is 0. The molecule has 0 spiro atoms. The molecule has 0 aliphatic rings. The first-order valence-corrected chi connectivity index (χ1v) is 7.81. The first-order valence-electron chi connectivity index (χ1n) is 6.23. The van der Waals surface area contributed by atoms with Crippen LogP contribution < -0.4 is 5.32 Å². The first kappa shape index (κ1) is 14.8. The topological polar surface area (TPSA) is 29.9 Å². The highest BCUT2D eigenvalue weighted by molar-refractivity contribution is 9.10. The number of aryl methyl sites for hydroxylation is 2. The van der Waals surface area contributed by atoms with Gasteiger partial charge in [-0.3, -0.25) is 4.68 Å². The summed E-state index contributed by atoms with van der Waals surface area (Å²) in [6.45, 7) is 5.04. The predicted molar refractivity (Wildman–Crippen MR) is 85.4 cm³/mol. The zero-order valence-electron chi connectivity index (χ0n) is 11.2. The Labute approximate surface area is 130 Å². The maximum absolute atomic E-state index is 4.39. The molecule has 1 aromatic heterocycles. The van der Waals surface area contributed by atoms with Crippen LogP contribution in [0, 0.1) is 6.92 Å². The van der Waals surface area contributed by atoms with E-state index in [-0.39, 0.29) is 6.04 Å². The van der Waals surface area contributed by atoms with Crippen molar-refractivity contribution in [3.8, 4) is 0 Å². The lowest BCUT2D eigenvalue weighted by atomic mass is 10.0. The summed E-state index contributed by atoms with van der Waals surface area (Å²) < 4.78 is 4.17. The Hall–Kier alpha value is -0.650. The molecule has 1 unspecified atom stereocenters. The molecule has 19 heavy (non-hydrogen) atoms. The first-order chi connectivity index (χ1) is 9.08. The monoisotopic (exact) mass is 385 g/mol. The second kappa shape index (κ2) is 6.20. The molecule has 3 nitrogen and oxygen atoms in total. The van der Waals surface area contributed by atoms with Gasteiger partial charge in [0.2, 0.25) is 0 Å². The van der Waals surface area contributed by atoms with Gasteiger partial charge in [-0.05, 0) is 54.0 Å². The molecule has 0 saturated heterocycles. The zero-order chi connectivity index (χ0) is 14.0. The molecule has 1 heterocycles. The van der Waals surface area contributed by atoms with Crippen molar-refractivity contribution >= 4 is 31.9 Å². The lowest BCUT2D eigenvalue weighted by molar-refractivity contribution is 0.561. The van der Waals surface area contributed by atoms with Gasteiger partial charge in [0, 0.05) is 11.0 Å². The minimum Gasteiger partial charge on any atom is -0.308 e. The number of nitrogens with zero attached hydrogens (tertiary/aromatic N) is 2. The molecule has 2 rings (SSSR count). The number of hydrogen-bond acceptors (Lipinski definition) is 2. The molecular formula is C14H17Br2N3. The third-order valence-corrected chi connectivity index (χ3v) is 4.69. The minimum absolute atomic E-state index is 0.119. The Kier molecular flexibility index (Phi) is 4.81. The Morgan fingerprint density at radius 1 is 1.32 bits per heavy atom. The number of hydrogen-bond donors (Lipinski definition) is 1. The normalized spacial score (nSPS) is 12.7. The predicted octanol–water partition coefficient (Wildman–Crippen LogP) is 4.05. The molecule has 2 aromatic rings. The van der Waals surface area contributed by atoms with E-state index in [0.717, 1.165) is 21.2 Å². The van der Waals surface area contributed by atoms with Crippen LogP contribution >= 0.6 is 31.9 Å². The summed E-state index contributed by atoms with van der Waals surface area (Å²) >= 11 is 7.19. The summed E-state index contributed by atoms with van der Waals surface area (Å²) in [6, 6.07) is 6.56. The fraction of sp³-hybridized carbons (Fsp3) is 0.357. The van der Waals surface area contributed by atoms with E-state index < -0.39 is 0 Å². The quantitative estimate of drug-likeness (QED) is 0.858. The summed E-state index contributed by atoms with van der Waals surface area (Å²) in [5.41, 5.74) is 3.61. The van der Waals surface area contributed by atoms with Gasteiger partial charge in [0.15, 0.2) is 0 Å². The molecule has 1 aromatic carbocycles. The van der Waals surface area contributed by atoms with Crippen LogP contribution in [0.4, 0.5) is 0 Å². The smallest absolute Gasteiger partial charge is 0.0757 e. The summed E-state index contributed by atoms with van der Waals surface area (Å²) in [7, 11) is 1.97. The number of nitrogens with one attached hydrogen (secondary N) is 1. The molecule has 1 atom stereocenters. The van der Waals surface area contributed by atoms with Gasteiger partial charge in [0.25, 0.3) is 0 Å². The summed E-state index contributed by atoms with van der Waals surface area (Å²) in [5.74, 6) is 0. The standard InChI is InChI=1S/C14H17Br2N3/c1-4-19-14(12(16)8-18-19)13(17-3)10-6-5-9(2)11(15)7-10/h5-8,13,17H,4H2,1-3H3. The van der Waals surface area contributed by atoms with Gasteiger partial charge in [0.1, 0.15) is 0 Å². The molecule has 102 valence electrons. The van der Waals surface area contributed by atoms with Crippen molar-refractivity contribution < 1.29 is 0 Å². The van der Waals surface area contributed by atoms with Gasteiger partial charge in [-0.1, -0.05) is 28.1 Å². The molecule has 0 radical (unpaired) electrons. The van der Waals surface area contributed by atoms with Gasteiger partial charge >= 0.3 is 0 Å². The van der Waals surface area contributed by atoms with Crippen LogP contribution in [-0.2, 0) is 6.54 Å². The van der Waals surface area contributed by atoms with Crippen molar-refractivity contribution in [2.75, 3.05) is 7.05 Å². The van der Waals surface area contributed by atoms with E-state index in [1.54, 1.807) is 0 Å². The third kappa shape index (κ3) is 2.93.